The first-order chi connectivity index (χ1) is 15.0. The lowest BCUT2D eigenvalue weighted by atomic mass is 10.1. The van der Waals surface area contributed by atoms with Gasteiger partial charge in [-0.15, -0.1) is 0 Å². The van der Waals surface area contributed by atoms with Gasteiger partial charge in [0.1, 0.15) is 5.75 Å². The third kappa shape index (κ3) is 6.89. The van der Waals surface area contributed by atoms with Crippen molar-refractivity contribution in [2.24, 2.45) is 0 Å². The molecule has 31 heavy (non-hydrogen) atoms. The van der Waals surface area contributed by atoms with Crippen LogP contribution in [0.3, 0.4) is 0 Å². The minimum absolute atomic E-state index is 0.00644. The first kappa shape index (κ1) is 21.9. The Kier molecular flexibility index (Phi) is 7.65. The standard InChI is InChI=1S/C25H27N3O3/c1-18(2)31-23-14-7-6-13-22(23)28-24(29)17-26-21-12-8-11-20(15-21)25(30)27-16-19-9-4-3-5-10-19/h3-15,18,26H,16-17H2,1-2H3,(H,27,30)(H,28,29). The maximum atomic E-state index is 12.4. The number of hydrogen-bond donors (Lipinski definition) is 3. The average Bonchev–Trinajstić information content (AvgIpc) is 2.78. The molecule has 0 heterocycles. The van der Waals surface area contributed by atoms with Gasteiger partial charge in [0, 0.05) is 17.8 Å². The van der Waals surface area contributed by atoms with Crippen LogP contribution in [-0.2, 0) is 11.3 Å². The van der Waals surface area contributed by atoms with Crippen LogP contribution in [0.2, 0.25) is 0 Å². The van der Waals surface area contributed by atoms with E-state index in [1.807, 2.05) is 68.4 Å². The Labute approximate surface area is 182 Å². The SMILES string of the molecule is CC(C)Oc1ccccc1NC(=O)CNc1cccc(C(=O)NCc2ccccc2)c1. The van der Waals surface area contributed by atoms with Crippen LogP contribution < -0.4 is 20.7 Å². The molecule has 160 valence electrons. The van der Waals surface area contributed by atoms with E-state index in [4.69, 9.17) is 4.74 Å². The Morgan fingerprint density at radius 1 is 0.903 bits per heavy atom. The molecule has 0 spiro atoms. The summed E-state index contributed by atoms with van der Waals surface area (Å²) in [6, 6.07) is 24.1. The van der Waals surface area contributed by atoms with Crippen molar-refractivity contribution in [1.29, 1.82) is 0 Å². The molecule has 0 saturated carbocycles. The molecule has 3 aromatic rings. The Morgan fingerprint density at radius 2 is 1.65 bits per heavy atom. The second kappa shape index (κ2) is 10.8. The second-order valence-electron chi connectivity index (χ2n) is 7.31. The van der Waals surface area contributed by atoms with Gasteiger partial charge in [-0.2, -0.15) is 0 Å². The number of amides is 2. The van der Waals surface area contributed by atoms with Gasteiger partial charge in [-0.25, -0.2) is 0 Å². The summed E-state index contributed by atoms with van der Waals surface area (Å²) in [5.41, 5.74) is 2.87. The highest BCUT2D eigenvalue weighted by Gasteiger charge is 2.10. The molecule has 0 fully saturated rings. The number of nitrogens with one attached hydrogen (secondary N) is 3. The maximum Gasteiger partial charge on any atom is 0.251 e. The lowest BCUT2D eigenvalue weighted by Gasteiger charge is -2.15. The molecule has 3 N–H and O–H groups in total. The van der Waals surface area contributed by atoms with E-state index in [9.17, 15) is 9.59 Å². The average molecular weight is 418 g/mol. The molecule has 0 atom stereocenters. The smallest absolute Gasteiger partial charge is 0.251 e. The van der Waals surface area contributed by atoms with E-state index >= 15 is 0 Å². The number of carbonyl (C=O) groups is 2. The van der Waals surface area contributed by atoms with Crippen molar-refractivity contribution in [3.63, 3.8) is 0 Å². The monoisotopic (exact) mass is 417 g/mol. The summed E-state index contributed by atoms with van der Waals surface area (Å²) >= 11 is 0. The molecule has 0 aliphatic carbocycles. The summed E-state index contributed by atoms with van der Waals surface area (Å²) in [6.07, 6.45) is 0.00644. The largest absolute Gasteiger partial charge is 0.489 e. The van der Waals surface area contributed by atoms with Crippen molar-refractivity contribution in [1.82, 2.24) is 5.32 Å². The third-order valence-corrected chi connectivity index (χ3v) is 4.40. The summed E-state index contributed by atoms with van der Waals surface area (Å²) in [5, 5.41) is 8.82. The van der Waals surface area contributed by atoms with Crippen molar-refractivity contribution in [2.75, 3.05) is 17.2 Å². The first-order valence-corrected chi connectivity index (χ1v) is 10.2. The van der Waals surface area contributed by atoms with Gasteiger partial charge < -0.3 is 20.7 Å². The van der Waals surface area contributed by atoms with Gasteiger partial charge in [0.15, 0.2) is 0 Å². The first-order valence-electron chi connectivity index (χ1n) is 10.2. The second-order valence-corrected chi connectivity index (χ2v) is 7.31. The fraction of sp³-hybridized carbons (Fsp3) is 0.200. The maximum absolute atomic E-state index is 12.4. The van der Waals surface area contributed by atoms with Crippen LogP contribution in [0.5, 0.6) is 5.75 Å². The number of anilines is 2. The van der Waals surface area contributed by atoms with Crippen LogP contribution in [0.4, 0.5) is 11.4 Å². The normalized spacial score (nSPS) is 10.4. The number of carbonyl (C=O) groups excluding carboxylic acids is 2. The summed E-state index contributed by atoms with van der Waals surface area (Å²) in [4.78, 5) is 24.8. The van der Waals surface area contributed by atoms with Crippen LogP contribution in [0, 0.1) is 0 Å². The number of benzene rings is 3. The summed E-state index contributed by atoms with van der Waals surface area (Å²) in [7, 11) is 0. The number of hydrogen-bond acceptors (Lipinski definition) is 4. The van der Waals surface area contributed by atoms with Crippen LogP contribution in [0.15, 0.2) is 78.9 Å². The summed E-state index contributed by atoms with van der Waals surface area (Å²) in [5.74, 6) is 0.249. The van der Waals surface area contributed by atoms with E-state index in [2.05, 4.69) is 16.0 Å². The van der Waals surface area contributed by atoms with Gasteiger partial charge >= 0.3 is 0 Å². The van der Waals surface area contributed by atoms with Crippen molar-refractivity contribution in [3.8, 4) is 5.75 Å². The molecule has 0 radical (unpaired) electrons. The topological polar surface area (TPSA) is 79.5 Å². The molecule has 2 amide bonds. The van der Waals surface area contributed by atoms with E-state index in [1.165, 1.54) is 0 Å². The van der Waals surface area contributed by atoms with Gasteiger partial charge in [-0.05, 0) is 49.7 Å². The third-order valence-electron chi connectivity index (χ3n) is 4.40. The minimum atomic E-state index is -0.210. The number of para-hydroxylation sites is 2. The Hall–Kier alpha value is -3.80. The molecule has 0 saturated heterocycles. The van der Waals surface area contributed by atoms with E-state index in [0.717, 1.165) is 5.56 Å². The summed E-state index contributed by atoms with van der Waals surface area (Å²) < 4.78 is 5.73. The Morgan fingerprint density at radius 3 is 2.42 bits per heavy atom. The fourth-order valence-electron chi connectivity index (χ4n) is 2.95. The van der Waals surface area contributed by atoms with Crippen LogP contribution in [-0.4, -0.2) is 24.5 Å². The molecule has 0 aromatic heterocycles. The Bertz CT molecular complexity index is 1020. The van der Waals surface area contributed by atoms with Gasteiger partial charge in [-0.3, -0.25) is 9.59 Å². The lowest BCUT2D eigenvalue weighted by molar-refractivity contribution is -0.114. The fourth-order valence-corrected chi connectivity index (χ4v) is 2.95. The van der Waals surface area contributed by atoms with E-state index in [-0.39, 0.29) is 24.5 Å². The molecule has 0 bridgehead atoms. The van der Waals surface area contributed by atoms with Gasteiger partial charge in [0.25, 0.3) is 5.91 Å². The molecule has 3 rings (SSSR count). The highest BCUT2D eigenvalue weighted by Crippen LogP contribution is 2.24. The molecular formula is C25H27N3O3. The molecule has 0 aliphatic rings. The van der Waals surface area contributed by atoms with E-state index in [0.29, 0.717) is 29.2 Å². The van der Waals surface area contributed by atoms with Gasteiger partial charge in [0.2, 0.25) is 5.91 Å². The van der Waals surface area contributed by atoms with E-state index in [1.54, 1.807) is 24.3 Å². The molecule has 3 aromatic carbocycles. The zero-order valence-corrected chi connectivity index (χ0v) is 17.7. The molecule has 6 heteroatoms. The Balaban J connectivity index is 1.54. The molecular weight excluding hydrogens is 390 g/mol. The van der Waals surface area contributed by atoms with Crippen molar-refractivity contribution in [2.45, 2.75) is 26.5 Å². The highest BCUT2D eigenvalue weighted by molar-refractivity contribution is 5.96. The van der Waals surface area contributed by atoms with Gasteiger partial charge in [-0.1, -0.05) is 48.5 Å². The predicted molar refractivity (Wildman–Crippen MR) is 123 cm³/mol. The number of ether oxygens (including phenoxy) is 1. The zero-order chi connectivity index (χ0) is 22.1. The number of rotatable bonds is 9. The quantitative estimate of drug-likeness (QED) is 0.480. The van der Waals surface area contributed by atoms with Crippen LogP contribution in [0.25, 0.3) is 0 Å². The summed E-state index contributed by atoms with van der Waals surface area (Å²) in [6.45, 7) is 4.38. The predicted octanol–water partition coefficient (Wildman–Crippen LogP) is 4.45. The van der Waals surface area contributed by atoms with Crippen LogP contribution in [0.1, 0.15) is 29.8 Å². The van der Waals surface area contributed by atoms with Crippen molar-refractivity contribution >= 4 is 23.2 Å². The molecule has 0 unspecified atom stereocenters. The van der Waals surface area contributed by atoms with Crippen LogP contribution >= 0.6 is 0 Å². The lowest BCUT2D eigenvalue weighted by Crippen LogP contribution is -2.24. The van der Waals surface area contributed by atoms with Crippen molar-refractivity contribution in [3.05, 3.63) is 90.0 Å². The zero-order valence-electron chi connectivity index (χ0n) is 17.7. The van der Waals surface area contributed by atoms with Crippen molar-refractivity contribution < 1.29 is 14.3 Å². The molecule has 6 nitrogen and oxygen atoms in total. The highest BCUT2D eigenvalue weighted by atomic mass is 16.5. The van der Waals surface area contributed by atoms with Gasteiger partial charge in [0.05, 0.1) is 18.3 Å². The molecule has 0 aliphatic heterocycles. The van der Waals surface area contributed by atoms with E-state index < -0.39 is 0 Å². The minimum Gasteiger partial charge on any atom is -0.489 e.